The fraction of sp³-hybridized carbons (Fsp3) is 0.667. The van der Waals surface area contributed by atoms with Crippen molar-refractivity contribution in [1.82, 2.24) is 5.23 Å². The minimum absolute atomic E-state index is 0.127. The van der Waals surface area contributed by atoms with Crippen molar-refractivity contribution < 1.29 is 9.59 Å². The van der Waals surface area contributed by atoms with E-state index < -0.39 is 0 Å². The normalized spacial score (nSPS) is 12.5. The highest BCUT2D eigenvalue weighted by atomic mass is 16.1. The summed E-state index contributed by atoms with van der Waals surface area (Å²) in [6.07, 6.45) is 1.91. The van der Waals surface area contributed by atoms with Crippen LogP contribution in [-0.2, 0) is 9.59 Å². The van der Waals surface area contributed by atoms with Crippen LogP contribution in [-0.4, -0.2) is 26.1 Å². The quantitative estimate of drug-likeness (QED) is 0.397. The predicted octanol–water partition coefficient (Wildman–Crippen LogP) is -0.939. The first kappa shape index (κ1) is 9.36. The Morgan fingerprint density at radius 1 is 1.80 bits per heavy atom. The van der Waals surface area contributed by atoms with E-state index in [0.29, 0.717) is 12.8 Å². The van der Waals surface area contributed by atoms with Crippen LogP contribution in [0.3, 0.4) is 0 Å². The van der Waals surface area contributed by atoms with Crippen LogP contribution in [0.2, 0.25) is 0 Å². The molecule has 1 N–H and O–H groups in total. The zero-order valence-corrected chi connectivity index (χ0v) is 6.39. The number of ketones is 1. The molecule has 0 radical (unpaired) electrons. The van der Waals surface area contributed by atoms with Crippen molar-refractivity contribution in [3.8, 4) is 0 Å². The Balaban J connectivity index is 3.44. The molecule has 1 atom stereocenters. The third-order valence-electron chi connectivity index (χ3n) is 1.34. The summed E-state index contributed by atoms with van der Waals surface area (Å²) in [6, 6.07) is -0.163. The van der Waals surface area contributed by atoms with E-state index >= 15 is 0 Å². The second-order valence-electron chi connectivity index (χ2n) is 2.27. The maximum absolute atomic E-state index is 10.4. The lowest BCUT2D eigenvalue weighted by Crippen LogP contribution is -2.28. The van der Waals surface area contributed by atoms with Crippen LogP contribution in [0.4, 0.5) is 0 Å². The van der Waals surface area contributed by atoms with Gasteiger partial charge in [-0.25, -0.2) is 0 Å². The van der Waals surface area contributed by atoms with E-state index in [1.807, 2.05) is 0 Å². The molecule has 0 amide bonds. The van der Waals surface area contributed by atoms with Gasteiger partial charge < -0.3 is 14.8 Å². The molecule has 0 spiro atoms. The summed E-state index contributed by atoms with van der Waals surface area (Å²) >= 11 is 0. The van der Waals surface area contributed by atoms with Crippen molar-refractivity contribution in [3.05, 3.63) is 0 Å². The van der Waals surface area contributed by atoms with Crippen molar-refractivity contribution >= 4 is 20.1 Å². The van der Waals surface area contributed by atoms with E-state index in [-0.39, 0.29) is 11.8 Å². The molecule has 0 unspecified atom stereocenters. The molecule has 0 aromatic heterocycles. The third-order valence-corrected chi connectivity index (χ3v) is 1.34. The van der Waals surface area contributed by atoms with Gasteiger partial charge in [0.25, 0.3) is 0 Å². The lowest BCUT2D eigenvalue weighted by Gasteiger charge is -2.05. The van der Waals surface area contributed by atoms with Crippen LogP contribution >= 0.6 is 0 Å². The molecule has 0 fully saturated rings. The first-order valence-corrected chi connectivity index (χ1v) is 3.32. The SMILES string of the molecule is BN[C@H](C=O)CCC(C)=O. The van der Waals surface area contributed by atoms with Crippen LogP contribution in [0.25, 0.3) is 0 Å². The summed E-state index contributed by atoms with van der Waals surface area (Å²) < 4.78 is 0. The average molecular weight is 141 g/mol. The van der Waals surface area contributed by atoms with E-state index in [1.54, 1.807) is 7.98 Å². The fourth-order valence-electron chi connectivity index (χ4n) is 0.639. The number of hydrogen-bond donors (Lipinski definition) is 1. The zero-order valence-electron chi connectivity index (χ0n) is 6.39. The van der Waals surface area contributed by atoms with Gasteiger partial charge in [0.2, 0.25) is 0 Å². The van der Waals surface area contributed by atoms with Gasteiger partial charge in [-0.3, -0.25) is 0 Å². The first-order valence-electron chi connectivity index (χ1n) is 3.32. The van der Waals surface area contributed by atoms with Crippen molar-refractivity contribution in [2.75, 3.05) is 0 Å². The Morgan fingerprint density at radius 3 is 2.70 bits per heavy atom. The molecule has 0 aliphatic carbocycles. The minimum Gasteiger partial charge on any atom is -0.354 e. The molecule has 0 aromatic carbocycles. The molecule has 10 heavy (non-hydrogen) atoms. The first-order chi connectivity index (χ1) is 4.70. The van der Waals surface area contributed by atoms with E-state index in [4.69, 9.17) is 0 Å². The molecular formula is C6H12BNO2. The third kappa shape index (κ3) is 4.26. The molecule has 0 aliphatic heterocycles. The second-order valence-corrected chi connectivity index (χ2v) is 2.27. The molecule has 56 valence electrons. The Bertz CT molecular complexity index is 127. The van der Waals surface area contributed by atoms with Crippen molar-refractivity contribution in [1.29, 1.82) is 0 Å². The average Bonchev–Trinajstić information content (AvgIpc) is 1.90. The zero-order chi connectivity index (χ0) is 7.98. The van der Waals surface area contributed by atoms with Gasteiger partial charge in [-0.05, 0) is 13.3 Å². The Morgan fingerprint density at radius 2 is 2.40 bits per heavy atom. The van der Waals surface area contributed by atoms with Crippen molar-refractivity contribution in [2.24, 2.45) is 0 Å². The number of hydrogen-bond acceptors (Lipinski definition) is 3. The molecule has 0 rings (SSSR count). The maximum atomic E-state index is 10.4. The van der Waals surface area contributed by atoms with Gasteiger partial charge in [-0.2, -0.15) is 0 Å². The predicted molar refractivity (Wildman–Crippen MR) is 41.4 cm³/mol. The van der Waals surface area contributed by atoms with Gasteiger partial charge >= 0.3 is 0 Å². The van der Waals surface area contributed by atoms with Crippen LogP contribution in [0.5, 0.6) is 0 Å². The highest BCUT2D eigenvalue weighted by molar-refractivity contribution is 6.05. The van der Waals surface area contributed by atoms with E-state index in [1.165, 1.54) is 6.92 Å². The molecule has 4 heteroatoms. The lowest BCUT2D eigenvalue weighted by molar-refractivity contribution is -0.117. The van der Waals surface area contributed by atoms with Crippen LogP contribution in [0, 0.1) is 0 Å². The van der Waals surface area contributed by atoms with Crippen molar-refractivity contribution in [3.63, 3.8) is 0 Å². The van der Waals surface area contributed by atoms with Gasteiger partial charge in [0, 0.05) is 6.42 Å². The Kier molecular flexibility index (Phi) is 4.85. The summed E-state index contributed by atoms with van der Waals surface area (Å²) in [5.41, 5.74) is 0. The number of Topliss-reactive ketones (excluding diaryl/α,β-unsaturated/α-hetero) is 1. The number of aldehydes is 1. The second kappa shape index (κ2) is 5.17. The molecular weight excluding hydrogens is 129 g/mol. The molecule has 0 heterocycles. The largest absolute Gasteiger partial charge is 0.354 e. The summed E-state index contributed by atoms with van der Waals surface area (Å²) in [6.45, 7) is 1.53. The maximum Gasteiger partial charge on any atom is 0.182 e. The van der Waals surface area contributed by atoms with E-state index in [0.717, 1.165) is 6.29 Å². The molecule has 0 aromatic rings. The number of carbonyl (C=O) groups excluding carboxylic acids is 2. The van der Waals surface area contributed by atoms with Gasteiger partial charge in [0.15, 0.2) is 7.98 Å². The minimum atomic E-state index is -0.163. The highest BCUT2D eigenvalue weighted by Gasteiger charge is 2.03. The van der Waals surface area contributed by atoms with Crippen LogP contribution in [0.1, 0.15) is 19.8 Å². The Hall–Kier alpha value is -0.635. The van der Waals surface area contributed by atoms with E-state index in [2.05, 4.69) is 5.23 Å². The van der Waals surface area contributed by atoms with Crippen LogP contribution < -0.4 is 5.23 Å². The number of rotatable bonds is 5. The fourth-order valence-corrected chi connectivity index (χ4v) is 0.639. The summed E-state index contributed by atoms with van der Waals surface area (Å²) in [4.78, 5) is 20.6. The van der Waals surface area contributed by atoms with E-state index in [9.17, 15) is 9.59 Å². The van der Waals surface area contributed by atoms with Gasteiger partial charge in [0.1, 0.15) is 12.1 Å². The smallest absolute Gasteiger partial charge is 0.182 e. The molecule has 3 nitrogen and oxygen atoms in total. The molecule has 0 aliphatic rings. The molecule has 0 saturated heterocycles. The number of carbonyl (C=O) groups is 2. The highest BCUT2D eigenvalue weighted by Crippen LogP contribution is 1.93. The van der Waals surface area contributed by atoms with Gasteiger partial charge in [-0.1, -0.05) is 0 Å². The van der Waals surface area contributed by atoms with Gasteiger partial charge in [0.05, 0.1) is 6.04 Å². The standard InChI is InChI=1S/C6H12BNO2/c1-5(10)2-3-6(4-9)8-7/h4,6,8H,2-3,7H2,1H3/t6-/m0/s1. The monoisotopic (exact) mass is 141 g/mol. The number of nitrogens with one attached hydrogen (secondary N) is 1. The molecule has 0 saturated carbocycles. The van der Waals surface area contributed by atoms with Crippen LogP contribution in [0.15, 0.2) is 0 Å². The Labute approximate surface area is 61.6 Å². The summed E-state index contributed by atoms with van der Waals surface area (Å²) in [7, 11) is 1.71. The van der Waals surface area contributed by atoms with Crippen molar-refractivity contribution in [2.45, 2.75) is 25.8 Å². The molecule has 0 bridgehead atoms. The summed E-state index contributed by atoms with van der Waals surface area (Å²) in [5, 5.41) is 2.79. The lowest BCUT2D eigenvalue weighted by atomic mass is 10.1. The topological polar surface area (TPSA) is 46.2 Å². The van der Waals surface area contributed by atoms with Gasteiger partial charge in [-0.15, -0.1) is 0 Å². The summed E-state index contributed by atoms with van der Waals surface area (Å²) in [5.74, 6) is 0.127.